The zero-order chi connectivity index (χ0) is 10.1. The van der Waals surface area contributed by atoms with Crippen molar-refractivity contribution < 1.29 is 13.9 Å². The van der Waals surface area contributed by atoms with Gasteiger partial charge in [0.2, 0.25) is 0 Å². The van der Waals surface area contributed by atoms with Crippen LogP contribution in [0.2, 0.25) is 0 Å². The van der Waals surface area contributed by atoms with E-state index in [0.717, 1.165) is 0 Å². The molecule has 0 atom stereocenters. The first-order valence-corrected chi connectivity index (χ1v) is 4.21. The highest BCUT2D eigenvalue weighted by Gasteiger charge is 2.10. The molecule has 2 nitrogen and oxygen atoms in total. The second-order valence-corrected chi connectivity index (χ2v) is 3.10. The predicted molar refractivity (Wildman–Crippen MR) is 50.5 cm³/mol. The van der Waals surface area contributed by atoms with Gasteiger partial charge in [0.1, 0.15) is 17.3 Å². The quantitative estimate of drug-likeness (QED) is 0.753. The summed E-state index contributed by atoms with van der Waals surface area (Å²) in [5.41, 5.74) is 0.788. The van der Waals surface area contributed by atoms with Crippen LogP contribution in [0, 0.1) is 12.7 Å². The topological polar surface area (TPSA) is 33.4 Å². The van der Waals surface area contributed by atoms with Crippen LogP contribution >= 0.6 is 0 Å². The molecule has 0 saturated heterocycles. The number of phenols is 1. The van der Waals surface area contributed by atoms with E-state index in [4.69, 9.17) is 4.42 Å². The van der Waals surface area contributed by atoms with Gasteiger partial charge in [-0.1, -0.05) is 0 Å². The molecule has 0 radical (unpaired) electrons. The summed E-state index contributed by atoms with van der Waals surface area (Å²) < 4.78 is 18.5. The van der Waals surface area contributed by atoms with Crippen LogP contribution in [0.25, 0.3) is 11.3 Å². The van der Waals surface area contributed by atoms with Crippen molar-refractivity contribution in [2.45, 2.75) is 6.92 Å². The first-order valence-electron chi connectivity index (χ1n) is 4.21. The molecule has 2 rings (SSSR count). The van der Waals surface area contributed by atoms with Crippen LogP contribution < -0.4 is 0 Å². The van der Waals surface area contributed by atoms with E-state index in [0.29, 0.717) is 11.3 Å². The van der Waals surface area contributed by atoms with Crippen LogP contribution in [0.15, 0.2) is 34.9 Å². The fourth-order valence-electron chi connectivity index (χ4n) is 1.28. The van der Waals surface area contributed by atoms with Crippen LogP contribution in [0.4, 0.5) is 4.39 Å². The fraction of sp³-hybridized carbons (Fsp3) is 0.0909. The maximum atomic E-state index is 13.4. The van der Waals surface area contributed by atoms with E-state index in [-0.39, 0.29) is 11.3 Å². The molecular formula is C11H9FO2. The Morgan fingerprint density at radius 3 is 2.79 bits per heavy atom. The van der Waals surface area contributed by atoms with E-state index in [1.807, 2.05) is 0 Å². The number of hydrogen-bond donors (Lipinski definition) is 1. The largest absolute Gasteiger partial charge is 0.508 e. The zero-order valence-corrected chi connectivity index (χ0v) is 7.62. The maximum absolute atomic E-state index is 13.4. The summed E-state index contributed by atoms with van der Waals surface area (Å²) in [4.78, 5) is 0. The van der Waals surface area contributed by atoms with E-state index >= 15 is 0 Å². The van der Waals surface area contributed by atoms with Crippen molar-refractivity contribution in [1.29, 1.82) is 0 Å². The monoisotopic (exact) mass is 192 g/mol. The van der Waals surface area contributed by atoms with Crippen molar-refractivity contribution in [2.75, 3.05) is 0 Å². The Hall–Kier alpha value is -1.77. The lowest BCUT2D eigenvalue weighted by Gasteiger charge is -2.03. The number of aryl methyl sites for hydroxylation is 1. The number of halogens is 1. The molecule has 0 spiro atoms. The second-order valence-electron chi connectivity index (χ2n) is 3.10. The fourth-order valence-corrected chi connectivity index (χ4v) is 1.28. The van der Waals surface area contributed by atoms with Crippen molar-refractivity contribution in [3.63, 3.8) is 0 Å². The zero-order valence-electron chi connectivity index (χ0n) is 7.62. The minimum Gasteiger partial charge on any atom is -0.508 e. The first-order chi connectivity index (χ1) is 6.68. The third kappa shape index (κ3) is 1.37. The Bertz CT molecular complexity index is 447. The summed E-state index contributed by atoms with van der Waals surface area (Å²) in [6, 6.07) is 5.97. The van der Waals surface area contributed by atoms with Crippen molar-refractivity contribution in [3.05, 3.63) is 41.9 Å². The molecule has 1 N–H and O–H groups in total. The third-order valence-corrected chi connectivity index (χ3v) is 2.07. The summed E-state index contributed by atoms with van der Waals surface area (Å²) in [5, 5.41) is 9.42. The third-order valence-electron chi connectivity index (χ3n) is 2.07. The number of benzene rings is 1. The molecule has 0 fully saturated rings. The summed E-state index contributed by atoms with van der Waals surface area (Å²) in [6.45, 7) is 1.64. The molecule has 14 heavy (non-hydrogen) atoms. The van der Waals surface area contributed by atoms with Crippen molar-refractivity contribution in [2.24, 2.45) is 0 Å². The van der Waals surface area contributed by atoms with Gasteiger partial charge in [-0.05, 0) is 36.8 Å². The molecule has 0 unspecified atom stereocenters. The number of hydrogen-bond acceptors (Lipinski definition) is 2. The summed E-state index contributed by atoms with van der Waals surface area (Å²) in [6.07, 6.45) is 1.46. The minimum absolute atomic E-state index is 0.0674. The highest BCUT2D eigenvalue weighted by molar-refractivity contribution is 5.61. The smallest absolute Gasteiger partial charge is 0.136 e. The number of rotatable bonds is 1. The highest BCUT2D eigenvalue weighted by atomic mass is 19.1. The second kappa shape index (κ2) is 3.18. The standard InChI is InChI=1S/C11H9FO2/c1-7-5-9(12)8(6-10(7)13)11-3-2-4-14-11/h2-6,13H,1H3. The molecule has 0 aliphatic carbocycles. The summed E-state index contributed by atoms with van der Waals surface area (Å²) in [5.74, 6) is 0.0888. The molecule has 0 aliphatic heterocycles. The van der Waals surface area contributed by atoms with E-state index in [9.17, 15) is 9.50 Å². The SMILES string of the molecule is Cc1cc(F)c(-c2ccco2)cc1O. The summed E-state index contributed by atoms with van der Waals surface area (Å²) in [7, 11) is 0. The Labute approximate surface area is 80.6 Å². The Morgan fingerprint density at radius 2 is 2.14 bits per heavy atom. The van der Waals surface area contributed by atoms with Gasteiger partial charge in [0.05, 0.1) is 11.8 Å². The van der Waals surface area contributed by atoms with Crippen molar-refractivity contribution >= 4 is 0 Å². The molecule has 1 aromatic heterocycles. The van der Waals surface area contributed by atoms with Gasteiger partial charge in [-0.2, -0.15) is 0 Å². The predicted octanol–water partition coefficient (Wildman–Crippen LogP) is 3.10. The van der Waals surface area contributed by atoms with E-state index in [2.05, 4.69) is 0 Å². The molecule has 0 saturated carbocycles. The van der Waals surface area contributed by atoms with Gasteiger partial charge in [-0.15, -0.1) is 0 Å². The Morgan fingerprint density at radius 1 is 1.36 bits per heavy atom. The van der Waals surface area contributed by atoms with Gasteiger partial charge in [-0.25, -0.2) is 4.39 Å². The number of furan rings is 1. The average Bonchev–Trinajstić information content (AvgIpc) is 2.64. The molecule has 0 bridgehead atoms. The van der Waals surface area contributed by atoms with Crippen LogP contribution in [0.1, 0.15) is 5.56 Å². The molecular weight excluding hydrogens is 183 g/mol. The van der Waals surface area contributed by atoms with E-state index < -0.39 is 5.82 Å². The molecule has 2 aromatic rings. The van der Waals surface area contributed by atoms with Gasteiger partial charge in [0.15, 0.2) is 0 Å². The van der Waals surface area contributed by atoms with Gasteiger partial charge in [0.25, 0.3) is 0 Å². The number of phenolic OH excluding ortho intramolecular Hbond substituents is 1. The average molecular weight is 192 g/mol. The van der Waals surface area contributed by atoms with Crippen LogP contribution in [-0.2, 0) is 0 Å². The van der Waals surface area contributed by atoms with Crippen molar-refractivity contribution in [1.82, 2.24) is 0 Å². The Balaban J connectivity index is 2.60. The summed E-state index contributed by atoms with van der Waals surface area (Å²) >= 11 is 0. The van der Waals surface area contributed by atoms with E-state index in [1.54, 1.807) is 19.1 Å². The first kappa shape index (κ1) is 8.81. The van der Waals surface area contributed by atoms with Gasteiger partial charge in [-0.3, -0.25) is 0 Å². The molecule has 0 aliphatic rings. The van der Waals surface area contributed by atoms with Gasteiger partial charge >= 0.3 is 0 Å². The minimum atomic E-state index is -0.393. The lowest BCUT2D eigenvalue weighted by Crippen LogP contribution is -1.85. The Kier molecular flexibility index (Phi) is 2.00. The molecule has 0 amide bonds. The normalized spacial score (nSPS) is 10.4. The van der Waals surface area contributed by atoms with Crippen LogP contribution in [-0.4, -0.2) is 5.11 Å². The van der Waals surface area contributed by atoms with Crippen LogP contribution in [0.3, 0.4) is 0 Å². The molecule has 72 valence electrons. The molecule has 1 aromatic carbocycles. The lowest BCUT2D eigenvalue weighted by atomic mass is 10.1. The van der Waals surface area contributed by atoms with Gasteiger partial charge < -0.3 is 9.52 Å². The van der Waals surface area contributed by atoms with Crippen molar-refractivity contribution in [3.8, 4) is 17.1 Å². The molecule has 1 heterocycles. The molecule has 3 heteroatoms. The number of aromatic hydroxyl groups is 1. The maximum Gasteiger partial charge on any atom is 0.136 e. The van der Waals surface area contributed by atoms with Crippen LogP contribution in [0.5, 0.6) is 5.75 Å². The van der Waals surface area contributed by atoms with E-state index in [1.165, 1.54) is 18.4 Å². The highest BCUT2D eigenvalue weighted by Crippen LogP contribution is 2.29. The lowest BCUT2D eigenvalue weighted by molar-refractivity contribution is 0.468. The van der Waals surface area contributed by atoms with Gasteiger partial charge in [0, 0.05) is 0 Å².